The van der Waals surface area contributed by atoms with Crippen molar-refractivity contribution < 1.29 is 12.8 Å². The van der Waals surface area contributed by atoms with Gasteiger partial charge in [-0.25, -0.2) is 17.5 Å². The van der Waals surface area contributed by atoms with Crippen molar-refractivity contribution in [1.29, 1.82) is 0 Å². The van der Waals surface area contributed by atoms with Crippen LogP contribution in [0.4, 0.5) is 4.39 Å². The summed E-state index contributed by atoms with van der Waals surface area (Å²) in [6.45, 7) is 3.00. The molecule has 0 unspecified atom stereocenters. The van der Waals surface area contributed by atoms with Gasteiger partial charge in [-0.05, 0) is 49.4 Å². The van der Waals surface area contributed by atoms with Gasteiger partial charge in [-0.15, -0.1) is 0 Å². The lowest BCUT2D eigenvalue weighted by atomic mass is 10.0. The van der Waals surface area contributed by atoms with Crippen LogP contribution in [-0.4, -0.2) is 22.0 Å². The fourth-order valence-corrected chi connectivity index (χ4v) is 3.90. The first-order valence-corrected chi connectivity index (χ1v) is 8.83. The van der Waals surface area contributed by atoms with Crippen LogP contribution in [-0.2, 0) is 16.6 Å². The first-order valence-electron chi connectivity index (χ1n) is 7.35. The monoisotopic (exact) mass is 314 g/mol. The summed E-state index contributed by atoms with van der Waals surface area (Å²) in [6, 6.07) is 4.19. The summed E-state index contributed by atoms with van der Waals surface area (Å²) in [7, 11) is -2.03. The maximum atomic E-state index is 13.8. The zero-order valence-electron chi connectivity index (χ0n) is 12.6. The Morgan fingerprint density at radius 1 is 1.33 bits per heavy atom. The van der Waals surface area contributed by atoms with E-state index in [4.69, 9.17) is 0 Å². The lowest BCUT2D eigenvalue weighted by molar-refractivity contribution is 0.448. The van der Waals surface area contributed by atoms with Crippen molar-refractivity contribution in [3.8, 4) is 0 Å². The lowest BCUT2D eigenvalue weighted by Crippen LogP contribution is -2.31. The van der Waals surface area contributed by atoms with E-state index in [0.29, 0.717) is 13.1 Å². The summed E-state index contributed by atoms with van der Waals surface area (Å²) in [4.78, 5) is -0.262. The van der Waals surface area contributed by atoms with E-state index in [1.54, 1.807) is 13.1 Å². The molecule has 0 aromatic heterocycles. The summed E-state index contributed by atoms with van der Waals surface area (Å²) < 4.78 is 41.1. The van der Waals surface area contributed by atoms with Crippen molar-refractivity contribution in [2.75, 3.05) is 13.6 Å². The Balaban J connectivity index is 2.13. The normalized spacial score (nSPS) is 16.9. The largest absolute Gasteiger partial charge is 0.316 e. The summed E-state index contributed by atoms with van der Waals surface area (Å²) in [5.74, 6) is -0.706. The predicted octanol–water partition coefficient (Wildman–Crippen LogP) is 2.40. The van der Waals surface area contributed by atoms with Gasteiger partial charge in [0.2, 0.25) is 10.0 Å². The Morgan fingerprint density at radius 3 is 2.62 bits per heavy atom. The van der Waals surface area contributed by atoms with Gasteiger partial charge in [-0.2, -0.15) is 0 Å². The number of sulfonamides is 1. The summed E-state index contributed by atoms with van der Waals surface area (Å²) in [5, 5.41) is 2.93. The number of rotatable bonds is 8. The quantitative estimate of drug-likeness (QED) is 0.775. The van der Waals surface area contributed by atoms with E-state index in [9.17, 15) is 12.8 Å². The van der Waals surface area contributed by atoms with Crippen LogP contribution < -0.4 is 10.0 Å². The average Bonchev–Trinajstić information content (AvgIpc) is 3.20. The maximum Gasteiger partial charge on any atom is 0.243 e. The van der Waals surface area contributed by atoms with Gasteiger partial charge in [0.15, 0.2) is 0 Å². The number of halogens is 1. The third kappa shape index (κ3) is 4.02. The number of hydrogen-bond donors (Lipinski definition) is 2. The van der Waals surface area contributed by atoms with E-state index in [0.717, 1.165) is 31.2 Å². The Kier molecular flexibility index (Phi) is 5.01. The first-order chi connectivity index (χ1) is 9.92. The molecule has 2 N–H and O–H groups in total. The molecule has 21 heavy (non-hydrogen) atoms. The number of nitrogens with one attached hydrogen (secondary N) is 2. The average molecular weight is 314 g/mol. The molecule has 0 heterocycles. The molecular formula is C15H23FN2O2S. The molecule has 1 aromatic carbocycles. The van der Waals surface area contributed by atoms with Crippen molar-refractivity contribution in [1.82, 2.24) is 10.0 Å². The van der Waals surface area contributed by atoms with Gasteiger partial charge in [-0.1, -0.05) is 19.4 Å². The molecule has 0 radical (unpaired) electrons. The molecule has 0 saturated heterocycles. The van der Waals surface area contributed by atoms with Crippen LogP contribution in [0.3, 0.4) is 0 Å². The van der Waals surface area contributed by atoms with Gasteiger partial charge >= 0.3 is 0 Å². The molecule has 6 heteroatoms. The van der Waals surface area contributed by atoms with E-state index in [-0.39, 0.29) is 10.3 Å². The smallest absolute Gasteiger partial charge is 0.243 e. The third-order valence-corrected chi connectivity index (χ3v) is 5.46. The van der Waals surface area contributed by atoms with E-state index >= 15 is 0 Å². The van der Waals surface area contributed by atoms with Gasteiger partial charge in [0, 0.05) is 13.1 Å². The van der Waals surface area contributed by atoms with Crippen molar-refractivity contribution in [3.63, 3.8) is 0 Å². The molecule has 1 saturated carbocycles. The molecule has 0 amide bonds. The van der Waals surface area contributed by atoms with Crippen molar-refractivity contribution >= 4 is 10.0 Å². The van der Waals surface area contributed by atoms with E-state index in [1.807, 2.05) is 0 Å². The molecule has 0 aliphatic heterocycles. The van der Waals surface area contributed by atoms with Crippen LogP contribution >= 0.6 is 0 Å². The molecular weight excluding hydrogens is 291 g/mol. The predicted molar refractivity (Wildman–Crippen MR) is 80.9 cm³/mol. The Hall–Kier alpha value is -0.980. The van der Waals surface area contributed by atoms with Gasteiger partial charge in [0.1, 0.15) is 10.7 Å². The highest BCUT2D eigenvalue weighted by Gasteiger charge is 2.42. The third-order valence-electron chi connectivity index (χ3n) is 4.04. The van der Waals surface area contributed by atoms with Gasteiger partial charge in [-0.3, -0.25) is 0 Å². The molecule has 118 valence electrons. The van der Waals surface area contributed by atoms with E-state index in [1.165, 1.54) is 12.1 Å². The number of benzene rings is 1. The standard InChI is InChI=1S/C15H23FN2O2S/c1-3-6-15(7-8-15)11-18-21(19,20)14-9-12(10-17-2)4-5-13(14)16/h4-5,9,17-18H,3,6-8,10-11H2,1-2H3. The molecule has 1 aromatic rings. The fourth-order valence-electron chi connectivity index (χ4n) is 2.62. The maximum absolute atomic E-state index is 13.8. The summed E-state index contributed by atoms with van der Waals surface area (Å²) >= 11 is 0. The molecule has 1 fully saturated rings. The highest BCUT2D eigenvalue weighted by Crippen LogP contribution is 2.49. The highest BCUT2D eigenvalue weighted by atomic mass is 32.2. The summed E-state index contributed by atoms with van der Waals surface area (Å²) in [6.07, 6.45) is 4.14. The minimum Gasteiger partial charge on any atom is -0.316 e. The zero-order valence-corrected chi connectivity index (χ0v) is 13.4. The highest BCUT2D eigenvalue weighted by molar-refractivity contribution is 7.89. The topological polar surface area (TPSA) is 58.2 Å². The minimum atomic E-state index is -3.80. The minimum absolute atomic E-state index is 0.0981. The van der Waals surface area contributed by atoms with Crippen LogP contribution in [0.1, 0.15) is 38.2 Å². The second-order valence-electron chi connectivity index (χ2n) is 5.87. The molecule has 0 spiro atoms. The molecule has 0 bridgehead atoms. The number of hydrogen-bond acceptors (Lipinski definition) is 3. The molecule has 1 aliphatic rings. The lowest BCUT2D eigenvalue weighted by Gasteiger charge is -2.15. The Morgan fingerprint density at radius 2 is 2.05 bits per heavy atom. The van der Waals surface area contributed by atoms with Crippen LogP contribution in [0, 0.1) is 11.2 Å². The molecule has 4 nitrogen and oxygen atoms in total. The molecule has 0 atom stereocenters. The van der Waals surface area contributed by atoms with E-state index in [2.05, 4.69) is 17.0 Å². The van der Waals surface area contributed by atoms with Gasteiger partial charge in [0.25, 0.3) is 0 Å². The second-order valence-corrected chi connectivity index (χ2v) is 7.61. The molecule has 1 aliphatic carbocycles. The van der Waals surface area contributed by atoms with Gasteiger partial charge in [0.05, 0.1) is 0 Å². The Bertz CT molecular complexity index is 598. The Labute approximate surface area is 126 Å². The fraction of sp³-hybridized carbons (Fsp3) is 0.600. The van der Waals surface area contributed by atoms with Crippen LogP contribution in [0.25, 0.3) is 0 Å². The van der Waals surface area contributed by atoms with Crippen molar-refractivity contribution in [2.45, 2.75) is 44.0 Å². The SMILES string of the molecule is CCCC1(CNS(=O)(=O)c2cc(CNC)ccc2F)CC1. The summed E-state index contributed by atoms with van der Waals surface area (Å²) in [5.41, 5.74) is 0.843. The van der Waals surface area contributed by atoms with Crippen LogP contribution in [0.5, 0.6) is 0 Å². The van der Waals surface area contributed by atoms with Crippen LogP contribution in [0.15, 0.2) is 23.1 Å². The van der Waals surface area contributed by atoms with Crippen LogP contribution in [0.2, 0.25) is 0 Å². The van der Waals surface area contributed by atoms with Crippen molar-refractivity contribution in [3.05, 3.63) is 29.6 Å². The zero-order chi connectivity index (χ0) is 15.5. The van der Waals surface area contributed by atoms with Gasteiger partial charge < -0.3 is 5.32 Å². The van der Waals surface area contributed by atoms with Crippen molar-refractivity contribution in [2.24, 2.45) is 5.41 Å². The second kappa shape index (κ2) is 6.42. The molecule has 2 rings (SSSR count). The van der Waals surface area contributed by atoms with E-state index < -0.39 is 15.8 Å². The first kappa shape index (κ1) is 16.4.